The molecule has 0 amide bonds. The second-order valence-electron chi connectivity index (χ2n) is 5.28. The largest absolute Gasteiger partial charge is 0.492 e. The Kier molecular flexibility index (Phi) is 6.18. The first-order valence-electron chi connectivity index (χ1n) is 7.47. The van der Waals surface area contributed by atoms with Crippen LogP contribution in [0.4, 0.5) is 0 Å². The number of rotatable bonds is 6. The molecule has 0 bridgehead atoms. The Morgan fingerprint density at radius 1 is 1.05 bits per heavy atom. The maximum absolute atomic E-state index is 5.82. The molecule has 2 rings (SSSR count). The topological polar surface area (TPSA) is 24.5 Å². The summed E-state index contributed by atoms with van der Waals surface area (Å²) in [5.41, 5.74) is 1.29. The second-order valence-corrected chi connectivity index (χ2v) is 5.28. The lowest BCUT2D eigenvalue weighted by atomic mass is 10.2. The maximum Gasteiger partial charge on any atom is 0.119 e. The highest BCUT2D eigenvalue weighted by Crippen LogP contribution is 2.13. The third kappa shape index (κ3) is 5.21. The van der Waals surface area contributed by atoms with E-state index in [1.807, 2.05) is 7.05 Å². The molecule has 0 spiro atoms. The van der Waals surface area contributed by atoms with Crippen molar-refractivity contribution in [2.45, 2.75) is 32.2 Å². The summed E-state index contributed by atoms with van der Waals surface area (Å²) in [5.74, 6) is 0.981. The molecule has 1 N–H and O–H groups in total. The van der Waals surface area contributed by atoms with Gasteiger partial charge < -0.3 is 10.1 Å². The molecule has 0 radical (unpaired) electrons. The van der Waals surface area contributed by atoms with Gasteiger partial charge in [-0.2, -0.15) is 0 Å². The molecule has 1 aliphatic heterocycles. The minimum absolute atomic E-state index is 0.797. The van der Waals surface area contributed by atoms with Gasteiger partial charge in [-0.3, -0.25) is 4.90 Å². The van der Waals surface area contributed by atoms with Gasteiger partial charge in [0.15, 0.2) is 0 Å². The van der Waals surface area contributed by atoms with Crippen LogP contribution in [-0.2, 0) is 6.54 Å². The van der Waals surface area contributed by atoms with Gasteiger partial charge in [-0.05, 0) is 50.7 Å². The van der Waals surface area contributed by atoms with Crippen LogP contribution in [-0.4, -0.2) is 38.2 Å². The predicted octanol–water partition coefficient (Wildman–Crippen LogP) is 2.66. The Labute approximate surface area is 116 Å². The van der Waals surface area contributed by atoms with Crippen LogP contribution in [0.3, 0.4) is 0 Å². The van der Waals surface area contributed by atoms with Gasteiger partial charge in [0.1, 0.15) is 12.4 Å². The summed E-state index contributed by atoms with van der Waals surface area (Å²) in [7, 11) is 1.96. The highest BCUT2D eigenvalue weighted by atomic mass is 16.5. The van der Waals surface area contributed by atoms with Crippen molar-refractivity contribution >= 4 is 0 Å². The minimum atomic E-state index is 0.797. The van der Waals surface area contributed by atoms with Crippen molar-refractivity contribution in [1.29, 1.82) is 0 Å². The molecule has 1 saturated heterocycles. The molecule has 19 heavy (non-hydrogen) atoms. The summed E-state index contributed by atoms with van der Waals surface area (Å²) in [6, 6.07) is 8.37. The number of hydrogen-bond acceptors (Lipinski definition) is 3. The Bertz CT molecular complexity index is 342. The van der Waals surface area contributed by atoms with Crippen LogP contribution in [0.15, 0.2) is 24.3 Å². The molecule has 0 aromatic heterocycles. The highest BCUT2D eigenvalue weighted by Gasteiger charge is 2.08. The standard InChI is InChI=1S/C16H26N2O/c1-17-14-15-6-8-16(9-7-15)19-13-12-18-10-4-2-3-5-11-18/h6-9,17H,2-5,10-14H2,1H3. The van der Waals surface area contributed by atoms with Crippen molar-refractivity contribution in [1.82, 2.24) is 10.2 Å². The van der Waals surface area contributed by atoms with E-state index in [0.29, 0.717) is 0 Å². The van der Waals surface area contributed by atoms with Gasteiger partial charge >= 0.3 is 0 Å². The van der Waals surface area contributed by atoms with Crippen molar-refractivity contribution in [2.24, 2.45) is 0 Å². The summed E-state index contributed by atoms with van der Waals surface area (Å²) in [6.45, 7) is 5.24. The van der Waals surface area contributed by atoms with Gasteiger partial charge in [0, 0.05) is 13.1 Å². The van der Waals surface area contributed by atoms with Gasteiger partial charge in [0.2, 0.25) is 0 Å². The van der Waals surface area contributed by atoms with E-state index >= 15 is 0 Å². The Morgan fingerprint density at radius 2 is 1.74 bits per heavy atom. The summed E-state index contributed by atoms with van der Waals surface area (Å²) in [6.07, 6.45) is 5.48. The Hall–Kier alpha value is -1.06. The minimum Gasteiger partial charge on any atom is -0.492 e. The summed E-state index contributed by atoms with van der Waals surface area (Å²) >= 11 is 0. The lowest BCUT2D eigenvalue weighted by molar-refractivity contribution is 0.214. The van der Waals surface area contributed by atoms with Gasteiger partial charge in [0.25, 0.3) is 0 Å². The number of hydrogen-bond donors (Lipinski definition) is 1. The van der Waals surface area contributed by atoms with Crippen molar-refractivity contribution in [3.63, 3.8) is 0 Å². The molecular formula is C16H26N2O. The Balaban J connectivity index is 1.69. The second kappa shape index (κ2) is 8.18. The third-order valence-corrected chi connectivity index (χ3v) is 3.68. The lowest BCUT2D eigenvalue weighted by Gasteiger charge is -2.19. The van der Waals surface area contributed by atoms with Gasteiger partial charge in [-0.1, -0.05) is 25.0 Å². The molecule has 106 valence electrons. The molecular weight excluding hydrogens is 236 g/mol. The number of benzene rings is 1. The van der Waals surface area contributed by atoms with Crippen LogP contribution in [0.2, 0.25) is 0 Å². The average molecular weight is 262 g/mol. The normalized spacial score (nSPS) is 17.1. The van der Waals surface area contributed by atoms with Crippen molar-refractivity contribution in [3.8, 4) is 5.75 Å². The quantitative estimate of drug-likeness (QED) is 0.853. The molecule has 3 heteroatoms. The molecule has 0 unspecified atom stereocenters. The van der Waals surface area contributed by atoms with E-state index in [0.717, 1.165) is 25.4 Å². The monoisotopic (exact) mass is 262 g/mol. The number of ether oxygens (including phenoxy) is 1. The molecule has 1 aliphatic rings. The molecule has 1 aromatic carbocycles. The molecule has 0 saturated carbocycles. The number of nitrogens with one attached hydrogen (secondary N) is 1. The first-order chi connectivity index (χ1) is 9.38. The average Bonchev–Trinajstić information content (AvgIpc) is 2.70. The zero-order valence-corrected chi connectivity index (χ0v) is 12.0. The summed E-state index contributed by atoms with van der Waals surface area (Å²) < 4.78 is 5.82. The van der Waals surface area contributed by atoms with Gasteiger partial charge in [0.05, 0.1) is 0 Å². The fourth-order valence-corrected chi connectivity index (χ4v) is 2.56. The van der Waals surface area contributed by atoms with E-state index in [2.05, 4.69) is 34.5 Å². The molecule has 0 aliphatic carbocycles. The Morgan fingerprint density at radius 3 is 2.37 bits per heavy atom. The smallest absolute Gasteiger partial charge is 0.119 e. The maximum atomic E-state index is 5.82. The summed E-state index contributed by atoms with van der Waals surface area (Å²) in [5, 5.41) is 3.15. The van der Waals surface area contributed by atoms with Gasteiger partial charge in [-0.15, -0.1) is 0 Å². The van der Waals surface area contributed by atoms with E-state index in [-0.39, 0.29) is 0 Å². The van der Waals surface area contributed by atoms with Crippen LogP contribution in [0.5, 0.6) is 5.75 Å². The highest BCUT2D eigenvalue weighted by molar-refractivity contribution is 5.27. The predicted molar refractivity (Wildman–Crippen MR) is 79.6 cm³/mol. The van der Waals surface area contributed by atoms with Crippen LogP contribution < -0.4 is 10.1 Å². The fraction of sp³-hybridized carbons (Fsp3) is 0.625. The third-order valence-electron chi connectivity index (χ3n) is 3.68. The molecule has 1 fully saturated rings. The van der Waals surface area contributed by atoms with Crippen LogP contribution >= 0.6 is 0 Å². The van der Waals surface area contributed by atoms with Crippen molar-refractivity contribution < 1.29 is 4.74 Å². The zero-order chi connectivity index (χ0) is 13.3. The first-order valence-corrected chi connectivity index (χ1v) is 7.47. The lowest BCUT2D eigenvalue weighted by Crippen LogP contribution is -2.29. The molecule has 1 heterocycles. The fourth-order valence-electron chi connectivity index (χ4n) is 2.56. The number of nitrogens with zero attached hydrogens (tertiary/aromatic N) is 1. The van der Waals surface area contributed by atoms with Crippen LogP contribution in [0, 0.1) is 0 Å². The van der Waals surface area contributed by atoms with E-state index in [1.165, 1.54) is 44.3 Å². The SMILES string of the molecule is CNCc1ccc(OCCN2CCCCCC2)cc1. The van der Waals surface area contributed by atoms with E-state index in [9.17, 15) is 0 Å². The molecule has 3 nitrogen and oxygen atoms in total. The van der Waals surface area contributed by atoms with E-state index < -0.39 is 0 Å². The van der Waals surface area contributed by atoms with Gasteiger partial charge in [-0.25, -0.2) is 0 Å². The van der Waals surface area contributed by atoms with E-state index in [4.69, 9.17) is 4.74 Å². The zero-order valence-electron chi connectivity index (χ0n) is 12.0. The van der Waals surface area contributed by atoms with Crippen molar-refractivity contribution in [3.05, 3.63) is 29.8 Å². The molecule has 0 atom stereocenters. The number of likely N-dealkylation sites (tertiary alicyclic amines) is 1. The van der Waals surface area contributed by atoms with Crippen LogP contribution in [0.25, 0.3) is 0 Å². The first kappa shape index (κ1) is 14.4. The van der Waals surface area contributed by atoms with Crippen molar-refractivity contribution in [2.75, 3.05) is 33.3 Å². The molecule has 1 aromatic rings. The van der Waals surface area contributed by atoms with Crippen LogP contribution in [0.1, 0.15) is 31.2 Å². The summed E-state index contributed by atoms with van der Waals surface area (Å²) in [4.78, 5) is 2.53. The van der Waals surface area contributed by atoms with E-state index in [1.54, 1.807) is 0 Å².